The molecule has 0 saturated carbocycles. The SMILES string of the molecule is CCC(=O)NC(=O)CN1Cc2c(N)cccc2C1=O. The summed E-state index contributed by atoms with van der Waals surface area (Å²) in [5.74, 6) is -1.07. The maximum atomic E-state index is 12.0. The van der Waals surface area contributed by atoms with Crippen molar-refractivity contribution in [1.29, 1.82) is 0 Å². The lowest BCUT2D eigenvalue weighted by atomic mass is 10.1. The number of carbonyl (C=O) groups is 3. The van der Waals surface area contributed by atoms with Crippen LogP contribution in [0.4, 0.5) is 5.69 Å². The maximum Gasteiger partial charge on any atom is 0.255 e. The van der Waals surface area contributed by atoms with Crippen LogP contribution < -0.4 is 11.1 Å². The first kappa shape index (κ1) is 13.1. The summed E-state index contributed by atoms with van der Waals surface area (Å²) >= 11 is 0. The molecule has 1 heterocycles. The quantitative estimate of drug-likeness (QED) is 0.764. The van der Waals surface area contributed by atoms with Crippen molar-refractivity contribution in [2.24, 2.45) is 0 Å². The summed E-state index contributed by atoms with van der Waals surface area (Å²) in [5, 5.41) is 2.22. The summed E-state index contributed by atoms with van der Waals surface area (Å²) in [6, 6.07) is 5.11. The van der Waals surface area contributed by atoms with Gasteiger partial charge in [-0.25, -0.2) is 0 Å². The molecule has 0 bridgehead atoms. The van der Waals surface area contributed by atoms with Crippen LogP contribution in [0, 0.1) is 0 Å². The van der Waals surface area contributed by atoms with Crippen molar-refractivity contribution in [3.8, 4) is 0 Å². The van der Waals surface area contributed by atoms with Crippen molar-refractivity contribution in [3.05, 3.63) is 29.3 Å². The van der Waals surface area contributed by atoms with Gasteiger partial charge in [-0.15, -0.1) is 0 Å². The van der Waals surface area contributed by atoms with Crippen LogP contribution in [0.15, 0.2) is 18.2 Å². The molecule has 0 atom stereocenters. The van der Waals surface area contributed by atoms with Gasteiger partial charge in [-0.3, -0.25) is 19.7 Å². The van der Waals surface area contributed by atoms with E-state index in [4.69, 9.17) is 5.73 Å². The number of hydrogen-bond donors (Lipinski definition) is 2. The number of hydrogen-bond acceptors (Lipinski definition) is 4. The third kappa shape index (κ3) is 2.57. The minimum Gasteiger partial charge on any atom is -0.398 e. The van der Waals surface area contributed by atoms with Crippen LogP contribution in [0.1, 0.15) is 29.3 Å². The number of benzene rings is 1. The second kappa shape index (κ2) is 5.09. The molecule has 0 spiro atoms. The minimum atomic E-state index is -0.480. The summed E-state index contributed by atoms with van der Waals surface area (Å²) < 4.78 is 0. The Hall–Kier alpha value is -2.37. The van der Waals surface area contributed by atoms with Crippen LogP contribution in [-0.2, 0) is 16.1 Å². The molecule has 1 aromatic rings. The van der Waals surface area contributed by atoms with Crippen molar-refractivity contribution in [2.75, 3.05) is 12.3 Å². The number of imide groups is 1. The Balaban J connectivity index is 2.06. The Morgan fingerprint density at radius 3 is 2.74 bits per heavy atom. The highest BCUT2D eigenvalue weighted by atomic mass is 16.2. The molecule has 1 aromatic carbocycles. The molecule has 0 radical (unpaired) electrons. The van der Waals surface area contributed by atoms with E-state index in [1.165, 1.54) is 4.90 Å². The van der Waals surface area contributed by atoms with E-state index >= 15 is 0 Å². The standard InChI is InChI=1S/C13H15N3O3/c1-2-11(17)15-12(18)7-16-6-9-8(13(16)19)4-3-5-10(9)14/h3-5H,2,6-7,14H2,1H3,(H,15,17,18). The maximum absolute atomic E-state index is 12.0. The van der Waals surface area contributed by atoms with Gasteiger partial charge in [0.05, 0.1) is 0 Å². The van der Waals surface area contributed by atoms with Crippen molar-refractivity contribution in [2.45, 2.75) is 19.9 Å². The topological polar surface area (TPSA) is 92.5 Å². The predicted octanol–water partition coefficient (Wildman–Crippen LogP) is 0.277. The lowest BCUT2D eigenvalue weighted by Crippen LogP contribution is -2.39. The molecule has 1 aliphatic heterocycles. The number of nitrogens with two attached hydrogens (primary N) is 1. The van der Waals surface area contributed by atoms with Crippen LogP contribution in [0.2, 0.25) is 0 Å². The fourth-order valence-electron chi connectivity index (χ4n) is 2.00. The van der Waals surface area contributed by atoms with Crippen LogP contribution in [0.3, 0.4) is 0 Å². The first-order valence-corrected chi connectivity index (χ1v) is 6.02. The largest absolute Gasteiger partial charge is 0.398 e. The van der Waals surface area contributed by atoms with Gasteiger partial charge in [0.15, 0.2) is 0 Å². The zero-order chi connectivity index (χ0) is 14.0. The van der Waals surface area contributed by atoms with Crippen molar-refractivity contribution < 1.29 is 14.4 Å². The fourth-order valence-corrected chi connectivity index (χ4v) is 2.00. The van der Waals surface area contributed by atoms with Gasteiger partial charge in [0.1, 0.15) is 6.54 Å². The average molecular weight is 261 g/mol. The van der Waals surface area contributed by atoms with E-state index in [1.807, 2.05) is 0 Å². The fraction of sp³-hybridized carbons (Fsp3) is 0.308. The average Bonchev–Trinajstić information content (AvgIpc) is 2.68. The van der Waals surface area contributed by atoms with Gasteiger partial charge in [0, 0.05) is 29.8 Å². The van der Waals surface area contributed by atoms with E-state index in [-0.39, 0.29) is 24.8 Å². The predicted molar refractivity (Wildman–Crippen MR) is 69.0 cm³/mol. The molecule has 19 heavy (non-hydrogen) atoms. The van der Waals surface area contributed by atoms with Crippen LogP contribution in [0.25, 0.3) is 0 Å². The molecule has 0 aliphatic carbocycles. The molecule has 0 unspecified atom stereocenters. The third-order valence-corrected chi connectivity index (χ3v) is 3.01. The number of nitrogens with one attached hydrogen (secondary N) is 1. The second-order valence-electron chi connectivity index (χ2n) is 4.36. The van der Waals surface area contributed by atoms with E-state index in [9.17, 15) is 14.4 Å². The number of fused-ring (bicyclic) bond motifs is 1. The summed E-state index contributed by atoms with van der Waals surface area (Å²) in [6.07, 6.45) is 0.229. The Labute approximate surface area is 110 Å². The zero-order valence-corrected chi connectivity index (χ0v) is 10.6. The molecule has 0 saturated heterocycles. The van der Waals surface area contributed by atoms with E-state index < -0.39 is 5.91 Å². The molecule has 0 fully saturated rings. The molecule has 6 nitrogen and oxygen atoms in total. The van der Waals surface area contributed by atoms with Crippen molar-refractivity contribution in [3.63, 3.8) is 0 Å². The Bertz CT molecular complexity index is 554. The molecule has 1 aliphatic rings. The Morgan fingerprint density at radius 2 is 2.11 bits per heavy atom. The lowest BCUT2D eigenvalue weighted by Gasteiger charge is -2.14. The summed E-state index contributed by atoms with van der Waals surface area (Å²) in [5.41, 5.74) is 7.60. The number of amides is 3. The minimum absolute atomic E-state index is 0.140. The van der Waals surface area contributed by atoms with Gasteiger partial charge < -0.3 is 10.6 Å². The molecule has 0 aromatic heterocycles. The number of nitrogen functional groups attached to an aromatic ring is 1. The number of rotatable bonds is 3. The number of carbonyl (C=O) groups excluding carboxylic acids is 3. The smallest absolute Gasteiger partial charge is 0.255 e. The van der Waals surface area contributed by atoms with E-state index in [1.54, 1.807) is 25.1 Å². The van der Waals surface area contributed by atoms with Crippen molar-refractivity contribution in [1.82, 2.24) is 10.2 Å². The highest BCUT2D eigenvalue weighted by molar-refractivity contribution is 6.03. The second-order valence-corrected chi connectivity index (χ2v) is 4.36. The first-order chi connectivity index (χ1) is 9.02. The Kier molecular flexibility index (Phi) is 3.50. The van der Waals surface area contributed by atoms with Gasteiger partial charge in [-0.2, -0.15) is 0 Å². The summed E-state index contributed by atoms with van der Waals surface area (Å²) in [4.78, 5) is 36.1. The molecule has 6 heteroatoms. The molecule has 3 amide bonds. The first-order valence-electron chi connectivity index (χ1n) is 6.02. The van der Waals surface area contributed by atoms with Gasteiger partial charge in [-0.05, 0) is 12.1 Å². The normalized spacial score (nSPS) is 13.3. The van der Waals surface area contributed by atoms with E-state index in [0.717, 1.165) is 5.56 Å². The third-order valence-electron chi connectivity index (χ3n) is 3.01. The van der Waals surface area contributed by atoms with Crippen molar-refractivity contribution >= 4 is 23.4 Å². The number of nitrogens with zero attached hydrogens (tertiary/aromatic N) is 1. The van der Waals surface area contributed by atoms with Gasteiger partial charge in [0.2, 0.25) is 11.8 Å². The van der Waals surface area contributed by atoms with Crippen LogP contribution in [0.5, 0.6) is 0 Å². The summed E-state index contributed by atoms with van der Waals surface area (Å²) in [6.45, 7) is 1.81. The van der Waals surface area contributed by atoms with Crippen LogP contribution in [-0.4, -0.2) is 29.2 Å². The molecule has 3 N–H and O–H groups in total. The molecule has 2 rings (SSSR count). The molecular weight excluding hydrogens is 246 g/mol. The highest BCUT2D eigenvalue weighted by Crippen LogP contribution is 2.26. The number of anilines is 1. The van der Waals surface area contributed by atoms with Gasteiger partial charge >= 0.3 is 0 Å². The van der Waals surface area contributed by atoms with E-state index in [2.05, 4.69) is 5.32 Å². The van der Waals surface area contributed by atoms with Crippen LogP contribution >= 0.6 is 0 Å². The Morgan fingerprint density at radius 1 is 1.37 bits per heavy atom. The van der Waals surface area contributed by atoms with Gasteiger partial charge in [0.25, 0.3) is 5.91 Å². The summed E-state index contributed by atoms with van der Waals surface area (Å²) in [7, 11) is 0. The van der Waals surface area contributed by atoms with E-state index in [0.29, 0.717) is 17.8 Å². The lowest BCUT2D eigenvalue weighted by molar-refractivity contribution is -0.130. The highest BCUT2D eigenvalue weighted by Gasteiger charge is 2.30. The zero-order valence-electron chi connectivity index (χ0n) is 10.6. The molecule has 100 valence electrons. The molecular formula is C13H15N3O3. The van der Waals surface area contributed by atoms with Gasteiger partial charge in [-0.1, -0.05) is 13.0 Å². The monoisotopic (exact) mass is 261 g/mol.